The van der Waals surface area contributed by atoms with Crippen molar-refractivity contribution in [3.05, 3.63) is 89.5 Å². The number of halogens is 3. The summed E-state index contributed by atoms with van der Waals surface area (Å²) in [4.78, 5) is 4.28. The molecule has 182 valence electrons. The van der Waals surface area contributed by atoms with Crippen molar-refractivity contribution < 1.29 is 32.1 Å². The molecule has 1 aliphatic heterocycles. The maximum atomic E-state index is 4.95. The fourth-order valence-corrected chi connectivity index (χ4v) is 4.46. The van der Waals surface area contributed by atoms with Gasteiger partial charge in [0.1, 0.15) is 6.54 Å². The van der Waals surface area contributed by atoms with E-state index in [1.165, 1.54) is 50.6 Å². The molecule has 1 heterocycles. The van der Waals surface area contributed by atoms with Gasteiger partial charge in [-0.2, -0.15) is 4.58 Å². The summed E-state index contributed by atoms with van der Waals surface area (Å²) in [6.07, 6.45) is 0. The minimum absolute atomic E-state index is 0. The van der Waals surface area contributed by atoms with E-state index in [9.17, 15) is 0 Å². The second-order valence-corrected chi connectivity index (χ2v) is 13.2. The van der Waals surface area contributed by atoms with E-state index in [1.54, 1.807) is 0 Å². The zero-order chi connectivity index (χ0) is 24.8. The standard InChI is InChI=1S/C28H32N3.3ClH.Zn/c1-7-31-20(2)27(25-10-8-9-11-26(25)31)28(21-12-16-23(17-13-21)29(3)4)22-14-18-24(19-15-22)30(5)6;;;;/h8-19H,7H2,1-6H3;3*1H;/q+1;;;;+2/p-3. The van der Waals surface area contributed by atoms with Gasteiger partial charge in [-0.1, -0.05) is 36.4 Å². The zero-order valence-electron chi connectivity index (χ0n) is 21.3. The summed E-state index contributed by atoms with van der Waals surface area (Å²) in [7, 11) is 18.2. The van der Waals surface area contributed by atoms with Gasteiger partial charge in [-0.25, -0.2) is 0 Å². The van der Waals surface area contributed by atoms with Crippen LogP contribution in [0.3, 0.4) is 0 Å². The molecule has 0 aliphatic carbocycles. The summed E-state index contributed by atoms with van der Waals surface area (Å²) < 4.78 is 2.42. The van der Waals surface area contributed by atoms with Crippen molar-refractivity contribution in [2.75, 3.05) is 44.5 Å². The Morgan fingerprint density at radius 1 is 0.771 bits per heavy atom. The predicted molar refractivity (Wildman–Crippen MR) is 147 cm³/mol. The van der Waals surface area contributed by atoms with Crippen LogP contribution in [-0.2, 0) is 15.1 Å². The molecule has 35 heavy (non-hydrogen) atoms. The van der Waals surface area contributed by atoms with Gasteiger partial charge in [-0.05, 0) is 48.4 Å². The molecule has 3 aromatic carbocycles. The molecule has 0 amide bonds. The summed E-state index contributed by atoms with van der Waals surface area (Å²) in [6.45, 7) is 5.43. The SMILES string of the molecule is CC[N+]1=C(C)C(=C(c2ccc(N(C)C)cc2)c2ccc(N(C)C)cc2)c2ccccc21.[Cl-].[Cl][Zn][Cl]. The third-order valence-corrected chi connectivity index (χ3v) is 6.14. The Labute approximate surface area is 232 Å². The molecule has 0 spiro atoms. The van der Waals surface area contributed by atoms with Gasteiger partial charge in [0.05, 0.1) is 11.1 Å². The normalized spacial score (nSPS) is 11.6. The van der Waals surface area contributed by atoms with Crippen molar-refractivity contribution >= 4 is 53.3 Å². The van der Waals surface area contributed by atoms with Crippen LogP contribution in [0.1, 0.15) is 30.5 Å². The summed E-state index contributed by atoms with van der Waals surface area (Å²) in [5, 5.41) is 0. The van der Waals surface area contributed by atoms with Crippen LogP contribution in [0.4, 0.5) is 17.1 Å². The maximum absolute atomic E-state index is 4.95. The fraction of sp³-hybridized carbons (Fsp3) is 0.250. The summed E-state index contributed by atoms with van der Waals surface area (Å²) in [5.41, 5.74) is 11.4. The van der Waals surface area contributed by atoms with Crippen LogP contribution in [0, 0.1) is 0 Å². The van der Waals surface area contributed by atoms with Gasteiger partial charge in [-0.3, -0.25) is 0 Å². The number of para-hydroxylation sites is 1. The Hall–Kier alpha value is -1.84. The average Bonchev–Trinajstić information content (AvgIpc) is 3.11. The number of fused-ring (bicyclic) bond motifs is 1. The Bertz CT molecular complexity index is 1130. The average molecular weight is 582 g/mol. The van der Waals surface area contributed by atoms with Crippen LogP contribution >= 0.6 is 19.4 Å². The van der Waals surface area contributed by atoms with Crippen LogP contribution in [0.25, 0.3) is 11.1 Å². The van der Waals surface area contributed by atoms with Gasteiger partial charge < -0.3 is 22.2 Å². The second kappa shape index (κ2) is 13.5. The molecular weight excluding hydrogens is 550 g/mol. The molecule has 0 unspecified atom stereocenters. The first-order valence-corrected chi connectivity index (χ1v) is 19.3. The van der Waals surface area contributed by atoms with Gasteiger partial charge in [0, 0.05) is 58.1 Å². The number of nitrogens with zero attached hydrogens (tertiary/aromatic N) is 3. The Morgan fingerprint density at radius 2 is 1.20 bits per heavy atom. The first-order valence-electron chi connectivity index (χ1n) is 11.5. The quantitative estimate of drug-likeness (QED) is 0.328. The number of rotatable bonds is 5. The van der Waals surface area contributed by atoms with E-state index in [0.29, 0.717) is 0 Å². The van der Waals surface area contributed by atoms with Crippen LogP contribution in [0.5, 0.6) is 0 Å². The van der Waals surface area contributed by atoms with Crippen LogP contribution in [-0.4, -0.2) is 45.0 Å². The van der Waals surface area contributed by atoms with E-state index in [-0.39, 0.29) is 12.4 Å². The van der Waals surface area contributed by atoms with E-state index in [1.807, 2.05) is 0 Å². The molecule has 0 radical (unpaired) electrons. The van der Waals surface area contributed by atoms with E-state index >= 15 is 0 Å². The Morgan fingerprint density at radius 3 is 1.60 bits per heavy atom. The van der Waals surface area contributed by atoms with E-state index in [0.717, 1.165) is 6.54 Å². The van der Waals surface area contributed by atoms with Crippen molar-refractivity contribution in [1.82, 2.24) is 0 Å². The Kier molecular flexibility index (Phi) is 11.3. The van der Waals surface area contributed by atoms with Crippen LogP contribution < -0.4 is 22.2 Å². The molecule has 0 saturated heterocycles. The molecule has 1 aliphatic rings. The van der Waals surface area contributed by atoms with Crippen LogP contribution in [0.2, 0.25) is 0 Å². The first-order chi connectivity index (χ1) is 16.3. The zero-order valence-corrected chi connectivity index (χ0v) is 26.6. The first kappa shape index (κ1) is 29.4. The third-order valence-electron chi connectivity index (χ3n) is 6.14. The van der Waals surface area contributed by atoms with Gasteiger partial charge in [0.25, 0.3) is 0 Å². The van der Waals surface area contributed by atoms with Gasteiger partial charge in [0.2, 0.25) is 5.69 Å². The predicted octanol–water partition coefficient (Wildman–Crippen LogP) is 4.30. The molecule has 0 aromatic heterocycles. The van der Waals surface area contributed by atoms with E-state index < -0.39 is 15.1 Å². The van der Waals surface area contributed by atoms with Crippen molar-refractivity contribution in [2.45, 2.75) is 13.8 Å². The summed E-state index contributed by atoms with van der Waals surface area (Å²) >= 11 is -0.931. The summed E-state index contributed by atoms with van der Waals surface area (Å²) in [6, 6.07) is 26.6. The third kappa shape index (κ3) is 6.49. The molecular formula is C28H32Cl3N3Zn. The fourth-order valence-electron chi connectivity index (χ4n) is 4.46. The number of allylic oxidation sites excluding steroid dienone is 1. The second-order valence-electron chi connectivity index (χ2n) is 8.58. The summed E-state index contributed by atoms with van der Waals surface area (Å²) in [5.74, 6) is 0. The Balaban J connectivity index is 0.00000103. The molecule has 3 aromatic rings. The molecule has 0 fully saturated rings. The molecule has 0 atom stereocenters. The molecule has 4 rings (SSSR count). The van der Waals surface area contributed by atoms with Crippen molar-refractivity contribution in [3.63, 3.8) is 0 Å². The molecule has 3 nitrogen and oxygen atoms in total. The minimum atomic E-state index is -0.931. The van der Waals surface area contributed by atoms with Crippen LogP contribution in [0.15, 0.2) is 72.8 Å². The number of hydrogen-bond acceptors (Lipinski definition) is 2. The van der Waals surface area contributed by atoms with Crippen molar-refractivity contribution in [1.29, 1.82) is 0 Å². The number of hydrogen-bond donors (Lipinski definition) is 0. The van der Waals surface area contributed by atoms with Gasteiger partial charge in [0.15, 0.2) is 5.71 Å². The van der Waals surface area contributed by atoms with E-state index in [4.69, 9.17) is 19.4 Å². The molecule has 0 saturated carbocycles. The monoisotopic (exact) mass is 579 g/mol. The number of benzene rings is 3. The van der Waals surface area contributed by atoms with Gasteiger partial charge in [-0.15, -0.1) is 0 Å². The van der Waals surface area contributed by atoms with E-state index in [2.05, 4.69) is 129 Å². The van der Waals surface area contributed by atoms with Crippen molar-refractivity contribution in [3.8, 4) is 0 Å². The topological polar surface area (TPSA) is 9.49 Å². The molecule has 0 N–H and O–H groups in total. The molecule has 0 bridgehead atoms. The molecule has 7 heteroatoms. The van der Waals surface area contributed by atoms with Gasteiger partial charge >= 0.3 is 34.5 Å². The number of anilines is 2. The van der Waals surface area contributed by atoms with Crippen molar-refractivity contribution in [2.24, 2.45) is 0 Å².